The van der Waals surface area contributed by atoms with Crippen molar-refractivity contribution < 1.29 is 0 Å². The Morgan fingerprint density at radius 2 is 2.45 bits per heavy atom. The third-order valence-electron chi connectivity index (χ3n) is 1.46. The fourth-order valence-electron chi connectivity index (χ4n) is 0.903. The normalized spacial score (nSPS) is 10.0. The zero-order valence-electron chi connectivity index (χ0n) is 6.65. The van der Waals surface area contributed by atoms with Crippen LogP contribution < -0.4 is 0 Å². The van der Waals surface area contributed by atoms with Crippen molar-refractivity contribution in [3.8, 4) is 6.07 Å². The molecule has 1 aromatic rings. The molecule has 0 amide bonds. The molecule has 4 heteroatoms. The first-order valence-electron chi connectivity index (χ1n) is 3.51. The van der Waals surface area contributed by atoms with E-state index in [0.29, 0.717) is 5.92 Å². The number of nitrogens with zero attached hydrogens (tertiary/aromatic N) is 4. The molecular weight excluding hydrogens is 140 g/mol. The van der Waals surface area contributed by atoms with Gasteiger partial charge < -0.3 is 0 Å². The molecule has 0 aliphatic rings. The minimum absolute atomic E-state index is 0.285. The summed E-state index contributed by atoms with van der Waals surface area (Å²) in [6, 6.07) is 2.03. The predicted octanol–water partition coefficient (Wildman–Crippen LogP) is 0.925. The lowest BCUT2D eigenvalue weighted by Crippen LogP contribution is -2.04. The molecule has 0 radical (unpaired) electrons. The SMILES string of the molecule is CC(C)c1cnnn1CC#N. The molecule has 0 saturated heterocycles. The fraction of sp³-hybridized carbons (Fsp3) is 0.571. The van der Waals surface area contributed by atoms with Crippen molar-refractivity contribution in [1.29, 1.82) is 5.26 Å². The number of aromatic nitrogens is 3. The first kappa shape index (κ1) is 7.73. The second-order valence-corrected chi connectivity index (χ2v) is 2.63. The lowest BCUT2D eigenvalue weighted by Gasteiger charge is -2.03. The Morgan fingerprint density at radius 1 is 1.73 bits per heavy atom. The molecule has 0 bridgehead atoms. The van der Waals surface area contributed by atoms with Gasteiger partial charge in [-0.3, -0.25) is 0 Å². The van der Waals surface area contributed by atoms with Crippen molar-refractivity contribution in [2.24, 2.45) is 0 Å². The Morgan fingerprint density at radius 3 is 3.00 bits per heavy atom. The first-order valence-corrected chi connectivity index (χ1v) is 3.51. The highest BCUT2D eigenvalue weighted by atomic mass is 15.4. The Labute approximate surface area is 65.4 Å². The van der Waals surface area contributed by atoms with Crippen LogP contribution >= 0.6 is 0 Å². The molecule has 1 heterocycles. The van der Waals surface area contributed by atoms with Gasteiger partial charge in [0, 0.05) is 0 Å². The Balaban J connectivity index is 2.89. The molecule has 0 aliphatic heterocycles. The molecule has 0 saturated carbocycles. The molecule has 1 rings (SSSR count). The van der Waals surface area contributed by atoms with E-state index >= 15 is 0 Å². The van der Waals surface area contributed by atoms with Gasteiger partial charge in [-0.1, -0.05) is 19.1 Å². The van der Waals surface area contributed by atoms with E-state index in [0.717, 1.165) is 5.69 Å². The molecule has 4 nitrogen and oxygen atoms in total. The molecule has 11 heavy (non-hydrogen) atoms. The summed E-state index contributed by atoms with van der Waals surface area (Å²) in [5, 5.41) is 15.9. The second kappa shape index (κ2) is 3.15. The molecule has 58 valence electrons. The lowest BCUT2D eigenvalue weighted by molar-refractivity contribution is 0.612. The molecule has 0 atom stereocenters. The van der Waals surface area contributed by atoms with Crippen molar-refractivity contribution in [1.82, 2.24) is 15.0 Å². The maximum Gasteiger partial charge on any atom is 0.130 e. The minimum Gasteiger partial charge on any atom is -0.235 e. The van der Waals surface area contributed by atoms with Crippen LogP contribution in [0.15, 0.2) is 6.20 Å². The van der Waals surface area contributed by atoms with E-state index in [1.54, 1.807) is 10.9 Å². The Bertz CT molecular complexity index is 268. The van der Waals surface area contributed by atoms with E-state index in [1.807, 2.05) is 19.9 Å². The highest BCUT2D eigenvalue weighted by Gasteiger charge is 2.05. The zero-order chi connectivity index (χ0) is 8.27. The topological polar surface area (TPSA) is 54.5 Å². The summed E-state index contributed by atoms with van der Waals surface area (Å²) in [5.41, 5.74) is 1.01. The molecule has 0 fully saturated rings. The van der Waals surface area contributed by atoms with Gasteiger partial charge in [0.2, 0.25) is 0 Å². The van der Waals surface area contributed by atoms with Gasteiger partial charge in [-0.25, -0.2) is 4.68 Å². The average Bonchev–Trinajstić information content (AvgIpc) is 2.36. The van der Waals surface area contributed by atoms with E-state index < -0.39 is 0 Å². The summed E-state index contributed by atoms with van der Waals surface area (Å²) in [7, 11) is 0. The van der Waals surface area contributed by atoms with Gasteiger partial charge in [-0.05, 0) is 5.92 Å². The number of nitriles is 1. The van der Waals surface area contributed by atoms with Gasteiger partial charge in [0.1, 0.15) is 6.54 Å². The highest BCUT2D eigenvalue weighted by Crippen LogP contribution is 2.10. The summed E-state index contributed by atoms with van der Waals surface area (Å²) in [4.78, 5) is 0. The monoisotopic (exact) mass is 150 g/mol. The van der Waals surface area contributed by atoms with E-state index in [2.05, 4.69) is 10.3 Å². The molecular formula is C7H10N4. The van der Waals surface area contributed by atoms with Crippen molar-refractivity contribution in [2.45, 2.75) is 26.3 Å². The average molecular weight is 150 g/mol. The molecule has 0 N–H and O–H groups in total. The summed E-state index contributed by atoms with van der Waals surface area (Å²) < 4.78 is 1.62. The van der Waals surface area contributed by atoms with Gasteiger partial charge in [-0.15, -0.1) is 5.10 Å². The molecule has 1 aromatic heterocycles. The number of hydrogen-bond acceptors (Lipinski definition) is 3. The van der Waals surface area contributed by atoms with Gasteiger partial charge in [-0.2, -0.15) is 5.26 Å². The first-order chi connectivity index (χ1) is 5.25. The Kier molecular flexibility index (Phi) is 2.21. The third kappa shape index (κ3) is 1.55. The summed E-state index contributed by atoms with van der Waals surface area (Å²) in [6.07, 6.45) is 1.70. The summed E-state index contributed by atoms with van der Waals surface area (Å²) >= 11 is 0. The van der Waals surface area contributed by atoms with Crippen LogP contribution in [0.2, 0.25) is 0 Å². The Hall–Kier alpha value is -1.37. The number of hydrogen-bond donors (Lipinski definition) is 0. The maximum absolute atomic E-state index is 8.41. The standard InChI is InChI=1S/C7H10N4/c1-6(2)7-5-9-10-11(7)4-3-8/h5-6H,4H2,1-2H3. The van der Waals surface area contributed by atoms with Gasteiger partial charge >= 0.3 is 0 Å². The van der Waals surface area contributed by atoms with Crippen molar-refractivity contribution >= 4 is 0 Å². The van der Waals surface area contributed by atoms with Crippen LogP contribution in [-0.4, -0.2) is 15.0 Å². The largest absolute Gasteiger partial charge is 0.235 e. The van der Waals surface area contributed by atoms with Crippen LogP contribution in [0.4, 0.5) is 0 Å². The van der Waals surface area contributed by atoms with Crippen LogP contribution in [0, 0.1) is 11.3 Å². The summed E-state index contributed by atoms with van der Waals surface area (Å²) in [6.45, 7) is 4.38. The van der Waals surface area contributed by atoms with E-state index in [-0.39, 0.29) is 6.54 Å². The van der Waals surface area contributed by atoms with E-state index in [9.17, 15) is 0 Å². The fourth-order valence-corrected chi connectivity index (χ4v) is 0.903. The number of rotatable bonds is 2. The van der Waals surface area contributed by atoms with Gasteiger partial charge in [0.15, 0.2) is 0 Å². The van der Waals surface area contributed by atoms with Crippen molar-refractivity contribution in [2.75, 3.05) is 0 Å². The van der Waals surface area contributed by atoms with Crippen molar-refractivity contribution in [3.05, 3.63) is 11.9 Å². The van der Waals surface area contributed by atoms with Crippen LogP contribution in [0.1, 0.15) is 25.5 Å². The zero-order valence-corrected chi connectivity index (χ0v) is 6.65. The van der Waals surface area contributed by atoms with Crippen LogP contribution in [0.3, 0.4) is 0 Å². The van der Waals surface area contributed by atoms with Gasteiger partial charge in [0.05, 0.1) is 18.0 Å². The maximum atomic E-state index is 8.41. The predicted molar refractivity (Wildman–Crippen MR) is 39.7 cm³/mol. The van der Waals surface area contributed by atoms with Crippen LogP contribution in [-0.2, 0) is 6.54 Å². The molecule has 0 unspecified atom stereocenters. The molecule has 0 aliphatic carbocycles. The second-order valence-electron chi connectivity index (χ2n) is 2.63. The smallest absolute Gasteiger partial charge is 0.130 e. The molecule has 0 aromatic carbocycles. The van der Waals surface area contributed by atoms with Crippen molar-refractivity contribution in [3.63, 3.8) is 0 Å². The van der Waals surface area contributed by atoms with Crippen LogP contribution in [0.25, 0.3) is 0 Å². The van der Waals surface area contributed by atoms with Crippen LogP contribution in [0.5, 0.6) is 0 Å². The third-order valence-corrected chi connectivity index (χ3v) is 1.46. The summed E-state index contributed by atoms with van der Waals surface area (Å²) in [5.74, 6) is 0.373. The quantitative estimate of drug-likeness (QED) is 0.630. The minimum atomic E-state index is 0.285. The molecule has 0 spiro atoms. The highest BCUT2D eigenvalue weighted by molar-refractivity contribution is 5.01. The lowest BCUT2D eigenvalue weighted by atomic mass is 10.1. The van der Waals surface area contributed by atoms with Gasteiger partial charge in [0.25, 0.3) is 0 Å². The van der Waals surface area contributed by atoms with E-state index in [1.165, 1.54) is 0 Å². The van der Waals surface area contributed by atoms with E-state index in [4.69, 9.17) is 5.26 Å².